The zero-order chi connectivity index (χ0) is 13.2. The second kappa shape index (κ2) is 4.89. The van der Waals surface area contributed by atoms with Gasteiger partial charge in [0.2, 0.25) is 0 Å². The van der Waals surface area contributed by atoms with Gasteiger partial charge in [-0.05, 0) is 38.2 Å². The lowest BCUT2D eigenvalue weighted by Crippen LogP contribution is -2.25. The van der Waals surface area contributed by atoms with Gasteiger partial charge in [-0.15, -0.1) is 8.78 Å². The van der Waals surface area contributed by atoms with Crippen molar-refractivity contribution in [2.75, 3.05) is 13.6 Å². The van der Waals surface area contributed by atoms with Crippen LogP contribution in [-0.4, -0.2) is 25.7 Å². The van der Waals surface area contributed by atoms with Crippen molar-refractivity contribution in [2.45, 2.75) is 19.1 Å². The Morgan fingerprint density at radius 1 is 1.33 bits per heavy atom. The lowest BCUT2D eigenvalue weighted by atomic mass is 10.1. The van der Waals surface area contributed by atoms with E-state index in [-0.39, 0.29) is 17.3 Å². The third-order valence-electron chi connectivity index (χ3n) is 2.55. The number of carbonyl (C=O) groups excluding carboxylic acids is 1. The summed E-state index contributed by atoms with van der Waals surface area (Å²) in [5.74, 6) is -0.252. The summed E-state index contributed by atoms with van der Waals surface area (Å²) in [4.78, 5) is 11.8. The molecule has 2 rings (SSSR count). The van der Waals surface area contributed by atoms with E-state index in [2.05, 4.69) is 14.8 Å². The lowest BCUT2D eigenvalue weighted by Gasteiger charge is -2.04. The number of hydrogen-bond donors (Lipinski definition) is 1. The van der Waals surface area contributed by atoms with Crippen molar-refractivity contribution >= 4 is 5.78 Å². The number of rotatable bonds is 5. The molecule has 0 saturated carbocycles. The fourth-order valence-electron chi connectivity index (χ4n) is 1.69. The molecule has 1 heterocycles. The monoisotopic (exact) mass is 257 g/mol. The van der Waals surface area contributed by atoms with E-state index < -0.39 is 6.29 Å². The summed E-state index contributed by atoms with van der Waals surface area (Å²) >= 11 is 0. The molecule has 1 N–H and O–H groups in total. The third kappa shape index (κ3) is 2.76. The van der Waals surface area contributed by atoms with Crippen LogP contribution in [0.1, 0.15) is 23.2 Å². The minimum Gasteiger partial charge on any atom is -0.395 e. The average Bonchev–Trinajstić information content (AvgIpc) is 2.61. The molecule has 0 aromatic heterocycles. The van der Waals surface area contributed by atoms with Gasteiger partial charge in [-0.2, -0.15) is 0 Å². The maximum Gasteiger partial charge on any atom is 0.586 e. The zero-order valence-electron chi connectivity index (χ0n) is 9.83. The number of benzene rings is 1. The van der Waals surface area contributed by atoms with E-state index in [1.807, 2.05) is 0 Å². The molecular formula is C12H13F2NO3. The number of hydrogen-bond acceptors (Lipinski definition) is 4. The number of carbonyl (C=O) groups is 1. The molecule has 4 nitrogen and oxygen atoms in total. The maximum atomic E-state index is 12.8. The molecule has 0 unspecified atom stereocenters. The maximum absolute atomic E-state index is 12.8. The second-order valence-corrected chi connectivity index (χ2v) is 3.96. The summed E-state index contributed by atoms with van der Waals surface area (Å²) in [7, 11) is 1.80. The Bertz CT molecular complexity index is 463. The summed E-state index contributed by atoms with van der Waals surface area (Å²) in [6.07, 6.45) is -2.59. The number of Topliss-reactive ketones (excluding diaryl/α,β-unsaturated/α-hetero) is 1. The molecule has 1 aliphatic heterocycles. The van der Waals surface area contributed by atoms with E-state index in [0.29, 0.717) is 18.4 Å². The fourth-order valence-corrected chi connectivity index (χ4v) is 1.69. The number of fused-ring (bicyclic) bond motifs is 1. The molecule has 0 aliphatic carbocycles. The molecule has 0 fully saturated rings. The van der Waals surface area contributed by atoms with Crippen LogP contribution in [0.4, 0.5) is 8.78 Å². The van der Waals surface area contributed by atoms with Gasteiger partial charge in [0.15, 0.2) is 17.3 Å². The zero-order valence-corrected chi connectivity index (χ0v) is 9.83. The molecule has 1 aliphatic rings. The van der Waals surface area contributed by atoms with Crippen molar-refractivity contribution in [3.05, 3.63) is 23.8 Å². The molecule has 18 heavy (non-hydrogen) atoms. The van der Waals surface area contributed by atoms with Crippen molar-refractivity contribution < 1.29 is 23.0 Å². The number of halogens is 2. The van der Waals surface area contributed by atoms with Gasteiger partial charge in [-0.1, -0.05) is 0 Å². The molecule has 0 saturated heterocycles. The van der Waals surface area contributed by atoms with Crippen molar-refractivity contribution in [2.24, 2.45) is 0 Å². The Balaban J connectivity index is 2.06. The van der Waals surface area contributed by atoms with Crippen molar-refractivity contribution in [3.63, 3.8) is 0 Å². The summed E-state index contributed by atoms with van der Waals surface area (Å²) in [5, 5.41) is 2.93. The van der Waals surface area contributed by atoms with Crippen LogP contribution in [0.5, 0.6) is 11.5 Å². The van der Waals surface area contributed by atoms with Gasteiger partial charge in [0.25, 0.3) is 0 Å². The Morgan fingerprint density at radius 2 is 2.06 bits per heavy atom. The van der Waals surface area contributed by atoms with Crippen LogP contribution in [0.15, 0.2) is 18.2 Å². The molecule has 0 bridgehead atoms. The van der Waals surface area contributed by atoms with E-state index in [1.54, 1.807) is 7.05 Å². The predicted molar refractivity (Wildman–Crippen MR) is 60.1 cm³/mol. The number of ketones is 1. The highest BCUT2D eigenvalue weighted by Gasteiger charge is 2.43. The highest BCUT2D eigenvalue weighted by Crippen LogP contribution is 2.41. The van der Waals surface area contributed by atoms with Crippen LogP contribution in [-0.2, 0) is 0 Å². The largest absolute Gasteiger partial charge is 0.586 e. The predicted octanol–water partition coefficient (Wildman–Crippen LogP) is 2.19. The van der Waals surface area contributed by atoms with E-state index in [4.69, 9.17) is 0 Å². The number of nitrogens with one attached hydrogen (secondary N) is 1. The van der Waals surface area contributed by atoms with Gasteiger partial charge in [-0.3, -0.25) is 4.79 Å². The molecule has 0 radical (unpaired) electrons. The van der Waals surface area contributed by atoms with Crippen LogP contribution < -0.4 is 14.8 Å². The average molecular weight is 257 g/mol. The minimum absolute atomic E-state index is 0.0493. The fraction of sp³-hybridized carbons (Fsp3) is 0.417. The van der Waals surface area contributed by atoms with Gasteiger partial charge in [0.05, 0.1) is 0 Å². The topological polar surface area (TPSA) is 47.6 Å². The van der Waals surface area contributed by atoms with E-state index in [9.17, 15) is 13.6 Å². The van der Waals surface area contributed by atoms with Crippen LogP contribution in [0.25, 0.3) is 0 Å². The van der Waals surface area contributed by atoms with E-state index in [0.717, 1.165) is 6.54 Å². The molecule has 0 spiro atoms. The highest BCUT2D eigenvalue weighted by molar-refractivity contribution is 5.96. The van der Waals surface area contributed by atoms with Crippen LogP contribution in [0.3, 0.4) is 0 Å². The van der Waals surface area contributed by atoms with Gasteiger partial charge >= 0.3 is 6.29 Å². The van der Waals surface area contributed by atoms with Gasteiger partial charge in [0.1, 0.15) is 0 Å². The first-order chi connectivity index (χ1) is 8.52. The molecular weight excluding hydrogens is 244 g/mol. The lowest BCUT2D eigenvalue weighted by molar-refractivity contribution is -0.286. The van der Waals surface area contributed by atoms with Gasteiger partial charge < -0.3 is 14.8 Å². The summed E-state index contributed by atoms with van der Waals surface area (Å²) < 4.78 is 34.1. The molecule has 6 heteroatoms. The summed E-state index contributed by atoms with van der Waals surface area (Å²) in [6.45, 7) is 0.731. The molecule has 1 aromatic carbocycles. The minimum atomic E-state index is -3.64. The summed E-state index contributed by atoms with van der Waals surface area (Å²) in [6, 6.07) is 4.07. The standard InChI is InChI=1S/C12H13F2NO3/c1-15-6-2-3-9(16)8-4-5-10-11(7-8)18-12(13,14)17-10/h4-5,7,15H,2-3,6H2,1H3. The van der Waals surface area contributed by atoms with E-state index in [1.165, 1.54) is 18.2 Å². The third-order valence-corrected chi connectivity index (χ3v) is 2.55. The Hall–Kier alpha value is -1.69. The number of ether oxygens (including phenoxy) is 2. The van der Waals surface area contributed by atoms with Crippen LogP contribution in [0.2, 0.25) is 0 Å². The first kappa shape index (κ1) is 12.8. The molecule has 1 aromatic rings. The van der Waals surface area contributed by atoms with Gasteiger partial charge in [-0.25, -0.2) is 0 Å². The number of alkyl halides is 2. The first-order valence-corrected chi connectivity index (χ1v) is 5.59. The SMILES string of the molecule is CNCCCC(=O)c1ccc2c(c1)OC(F)(F)O2. The Kier molecular flexibility index (Phi) is 3.47. The van der Waals surface area contributed by atoms with Crippen molar-refractivity contribution in [1.29, 1.82) is 0 Å². The molecule has 98 valence electrons. The van der Waals surface area contributed by atoms with E-state index >= 15 is 0 Å². The Labute approximate surface area is 103 Å². The van der Waals surface area contributed by atoms with Crippen molar-refractivity contribution in [3.8, 4) is 11.5 Å². The Morgan fingerprint density at radius 3 is 2.78 bits per heavy atom. The first-order valence-electron chi connectivity index (χ1n) is 5.59. The van der Waals surface area contributed by atoms with Crippen LogP contribution >= 0.6 is 0 Å². The van der Waals surface area contributed by atoms with Crippen LogP contribution in [0, 0.1) is 0 Å². The van der Waals surface area contributed by atoms with Gasteiger partial charge in [0, 0.05) is 12.0 Å². The molecule has 0 atom stereocenters. The van der Waals surface area contributed by atoms with Crippen molar-refractivity contribution in [1.82, 2.24) is 5.32 Å². The smallest absolute Gasteiger partial charge is 0.395 e. The highest BCUT2D eigenvalue weighted by atomic mass is 19.3. The normalized spacial score (nSPS) is 15.7. The summed E-state index contributed by atoms with van der Waals surface area (Å²) in [5.41, 5.74) is 0.353. The quantitative estimate of drug-likeness (QED) is 0.649. The second-order valence-electron chi connectivity index (χ2n) is 3.96. The molecule has 0 amide bonds.